The third-order valence-electron chi connectivity index (χ3n) is 5.33. The van der Waals surface area contributed by atoms with Gasteiger partial charge in [0.25, 0.3) is 0 Å². The largest absolute Gasteiger partial charge is 0.384 e. The van der Waals surface area contributed by atoms with Crippen molar-refractivity contribution in [3.05, 3.63) is 72.4 Å². The molecule has 1 unspecified atom stereocenters. The monoisotopic (exact) mass is 405 g/mol. The lowest BCUT2D eigenvalue weighted by atomic mass is 9.93. The van der Waals surface area contributed by atoms with Crippen molar-refractivity contribution in [2.75, 3.05) is 30.7 Å². The van der Waals surface area contributed by atoms with Crippen LogP contribution in [0.5, 0.6) is 0 Å². The predicted molar refractivity (Wildman–Crippen MR) is 115 cm³/mol. The van der Waals surface area contributed by atoms with Gasteiger partial charge in [-0.2, -0.15) is 0 Å². The molecule has 4 rings (SSSR count). The average molecular weight is 405 g/mol. The van der Waals surface area contributed by atoms with Crippen LogP contribution in [-0.4, -0.2) is 40.4 Å². The lowest BCUT2D eigenvalue weighted by Crippen LogP contribution is -2.40. The van der Waals surface area contributed by atoms with Crippen molar-refractivity contribution >= 4 is 17.4 Å². The Balaban J connectivity index is 1.35. The van der Waals surface area contributed by atoms with Crippen LogP contribution in [-0.2, 0) is 4.79 Å². The van der Waals surface area contributed by atoms with Gasteiger partial charge in [-0.15, -0.1) is 0 Å². The predicted octanol–water partition coefficient (Wildman–Crippen LogP) is 3.68. The quantitative estimate of drug-likeness (QED) is 0.676. The Morgan fingerprint density at radius 3 is 2.47 bits per heavy atom. The molecule has 0 radical (unpaired) electrons. The molecular weight excluding hydrogens is 381 g/mol. The summed E-state index contributed by atoms with van der Waals surface area (Å²) < 4.78 is 13.0. The van der Waals surface area contributed by atoms with Crippen LogP contribution in [0.3, 0.4) is 0 Å². The molecule has 1 amide bonds. The number of piperidine rings is 1. The van der Waals surface area contributed by atoms with Gasteiger partial charge in [0.05, 0.1) is 6.54 Å². The van der Waals surface area contributed by atoms with Gasteiger partial charge < -0.3 is 11.1 Å². The summed E-state index contributed by atoms with van der Waals surface area (Å²) in [7, 11) is 0. The standard InChI is InChI=1S/C23H24FN5O/c24-19-5-7-20(8-6-19)28-23(30)15-29-11-1-2-18(14-29)21-9-3-16(12-26-21)17-4-10-22(25)27-13-17/h3-10,12-13,18H,1-2,11,14-15H2,(H2,25,27)(H,28,30). The lowest BCUT2D eigenvalue weighted by molar-refractivity contribution is -0.117. The van der Waals surface area contributed by atoms with E-state index in [-0.39, 0.29) is 17.6 Å². The first-order chi connectivity index (χ1) is 14.6. The molecule has 3 aromatic rings. The van der Waals surface area contributed by atoms with E-state index in [0.717, 1.165) is 42.8 Å². The average Bonchev–Trinajstić information content (AvgIpc) is 2.76. The Hall–Kier alpha value is -3.32. The summed E-state index contributed by atoms with van der Waals surface area (Å²) >= 11 is 0. The van der Waals surface area contributed by atoms with Crippen molar-refractivity contribution in [3.8, 4) is 11.1 Å². The summed E-state index contributed by atoms with van der Waals surface area (Å²) in [4.78, 5) is 23.3. The molecule has 1 fully saturated rings. The highest BCUT2D eigenvalue weighted by atomic mass is 19.1. The number of aromatic nitrogens is 2. The minimum Gasteiger partial charge on any atom is -0.384 e. The molecule has 0 aliphatic carbocycles. The molecular formula is C23H24FN5O. The Labute approximate surface area is 175 Å². The first-order valence-electron chi connectivity index (χ1n) is 10.0. The number of pyridine rings is 2. The highest BCUT2D eigenvalue weighted by Gasteiger charge is 2.23. The van der Waals surface area contributed by atoms with Crippen LogP contribution in [0.15, 0.2) is 60.9 Å². The third kappa shape index (κ3) is 4.99. The number of rotatable bonds is 5. The summed E-state index contributed by atoms with van der Waals surface area (Å²) in [6.07, 6.45) is 5.67. The van der Waals surface area contributed by atoms with Crippen molar-refractivity contribution in [3.63, 3.8) is 0 Å². The number of carbonyl (C=O) groups excluding carboxylic acids is 1. The molecule has 30 heavy (non-hydrogen) atoms. The molecule has 3 N–H and O–H groups in total. The molecule has 6 nitrogen and oxygen atoms in total. The fourth-order valence-electron chi connectivity index (χ4n) is 3.77. The van der Waals surface area contributed by atoms with E-state index in [4.69, 9.17) is 5.73 Å². The molecule has 3 heterocycles. The zero-order chi connectivity index (χ0) is 20.9. The number of benzene rings is 1. The van der Waals surface area contributed by atoms with Gasteiger partial charge in [-0.25, -0.2) is 9.37 Å². The molecule has 1 saturated heterocycles. The summed E-state index contributed by atoms with van der Waals surface area (Å²) in [6, 6.07) is 13.6. The van der Waals surface area contributed by atoms with E-state index >= 15 is 0 Å². The Bertz CT molecular complexity index is 990. The second-order valence-electron chi connectivity index (χ2n) is 7.57. The molecule has 7 heteroatoms. The lowest BCUT2D eigenvalue weighted by Gasteiger charge is -2.32. The minimum absolute atomic E-state index is 0.0959. The molecule has 0 bridgehead atoms. The minimum atomic E-state index is -0.321. The van der Waals surface area contributed by atoms with E-state index < -0.39 is 0 Å². The number of nitrogens with zero attached hydrogens (tertiary/aromatic N) is 3. The van der Waals surface area contributed by atoms with Crippen LogP contribution in [0.25, 0.3) is 11.1 Å². The van der Waals surface area contributed by atoms with E-state index in [2.05, 4.69) is 32.3 Å². The van der Waals surface area contributed by atoms with E-state index in [0.29, 0.717) is 18.1 Å². The second-order valence-corrected chi connectivity index (χ2v) is 7.57. The second kappa shape index (κ2) is 9.00. The fraction of sp³-hybridized carbons (Fsp3) is 0.261. The molecule has 1 aromatic carbocycles. The van der Waals surface area contributed by atoms with Crippen LogP contribution in [0, 0.1) is 5.82 Å². The Kier molecular flexibility index (Phi) is 5.99. The summed E-state index contributed by atoms with van der Waals surface area (Å²) in [5.41, 5.74) is 9.26. The van der Waals surface area contributed by atoms with Crippen LogP contribution in [0.2, 0.25) is 0 Å². The first kappa shape index (κ1) is 20.0. The van der Waals surface area contributed by atoms with Crippen molar-refractivity contribution < 1.29 is 9.18 Å². The van der Waals surface area contributed by atoms with Gasteiger partial charge in [0.2, 0.25) is 5.91 Å². The van der Waals surface area contributed by atoms with Crippen LogP contribution in [0.4, 0.5) is 15.9 Å². The molecule has 154 valence electrons. The number of halogens is 1. The number of amides is 1. The van der Waals surface area contributed by atoms with Gasteiger partial charge in [0.15, 0.2) is 0 Å². The normalized spacial score (nSPS) is 16.9. The summed E-state index contributed by atoms with van der Waals surface area (Å²) in [5.74, 6) is 0.365. The number of nitrogen functional groups attached to an aromatic ring is 1. The van der Waals surface area contributed by atoms with E-state index in [1.54, 1.807) is 24.4 Å². The fourth-order valence-corrected chi connectivity index (χ4v) is 3.77. The summed E-state index contributed by atoms with van der Waals surface area (Å²) in [5, 5.41) is 2.82. The first-order valence-corrected chi connectivity index (χ1v) is 10.0. The van der Waals surface area contributed by atoms with Gasteiger partial charge in [0.1, 0.15) is 11.6 Å². The van der Waals surface area contributed by atoms with Crippen LogP contribution in [0.1, 0.15) is 24.5 Å². The molecule has 2 aromatic heterocycles. The highest BCUT2D eigenvalue weighted by Crippen LogP contribution is 2.27. The van der Waals surface area contributed by atoms with Crippen molar-refractivity contribution in [2.24, 2.45) is 0 Å². The van der Waals surface area contributed by atoms with Crippen LogP contribution >= 0.6 is 0 Å². The SMILES string of the molecule is Nc1ccc(-c2ccc(C3CCCN(CC(=O)Nc4ccc(F)cc4)C3)nc2)cn1. The topological polar surface area (TPSA) is 84.1 Å². The van der Waals surface area contributed by atoms with Crippen molar-refractivity contribution in [1.29, 1.82) is 0 Å². The van der Waals surface area contributed by atoms with E-state index in [1.807, 2.05) is 12.3 Å². The summed E-state index contributed by atoms with van der Waals surface area (Å²) in [6.45, 7) is 1.97. The van der Waals surface area contributed by atoms with Crippen LogP contribution < -0.4 is 11.1 Å². The maximum absolute atomic E-state index is 13.0. The number of hydrogen-bond donors (Lipinski definition) is 2. The number of carbonyl (C=O) groups is 1. The van der Waals surface area contributed by atoms with Crippen molar-refractivity contribution in [1.82, 2.24) is 14.9 Å². The number of nitrogens with two attached hydrogens (primary N) is 1. The highest BCUT2D eigenvalue weighted by molar-refractivity contribution is 5.92. The molecule has 1 atom stereocenters. The van der Waals surface area contributed by atoms with Gasteiger partial charge in [0, 0.05) is 47.4 Å². The van der Waals surface area contributed by atoms with Gasteiger partial charge >= 0.3 is 0 Å². The number of nitrogens with one attached hydrogen (secondary N) is 1. The van der Waals surface area contributed by atoms with Gasteiger partial charge in [-0.3, -0.25) is 14.7 Å². The zero-order valence-corrected chi connectivity index (χ0v) is 16.6. The number of hydrogen-bond acceptors (Lipinski definition) is 5. The Morgan fingerprint density at radius 1 is 1.07 bits per heavy atom. The third-order valence-corrected chi connectivity index (χ3v) is 5.33. The van der Waals surface area contributed by atoms with E-state index in [9.17, 15) is 9.18 Å². The number of anilines is 2. The Morgan fingerprint density at radius 2 is 1.80 bits per heavy atom. The van der Waals surface area contributed by atoms with Gasteiger partial charge in [-0.1, -0.05) is 6.07 Å². The van der Waals surface area contributed by atoms with Gasteiger partial charge in [-0.05, 0) is 61.9 Å². The van der Waals surface area contributed by atoms with E-state index in [1.165, 1.54) is 12.1 Å². The zero-order valence-electron chi connectivity index (χ0n) is 16.6. The molecule has 0 spiro atoms. The number of likely N-dealkylation sites (tertiary alicyclic amines) is 1. The smallest absolute Gasteiger partial charge is 0.238 e. The molecule has 1 aliphatic rings. The molecule has 0 saturated carbocycles. The maximum Gasteiger partial charge on any atom is 0.238 e. The maximum atomic E-state index is 13.0. The van der Waals surface area contributed by atoms with Crippen molar-refractivity contribution in [2.45, 2.75) is 18.8 Å². The molecule has 1 aliphatic heterocycles.